The molecule has 180 valence electrons. The second-order valence-electron chi connectivity index (χ2n) is 8.07. The van der Waals surface area contributed by atoms with Crippen LogP contribution in [-0.4, -0.2) is 86.3 Å². The summed E-state index contributed by atoms with van der Waals surface area (Å²) < 4.78 is 19.1. The third-order valence-corrected chi connectivity index (χ3v) is 6.04. The number of rotatable bonds is 6. The summed E-state index contributed by atoms with van der Waals surface area (Å²) in [5.41, 5.74) is 1.09. The van der Waals surface area contributed by atoms with Gasteiger partial charge >= 0.3 is 0 Å². The van der Waals surface area contributed by atoms with Crippen LogP contribution in [0.3, 0.4) is 0 Å². The van der Waals surface area contributed by atoms with Crippen LogP contribution < -0.4 is 10.2 Å². The van der Waals surface area contributed by atoms with Crippen molar-refractivity contribution in [1.29, 1.82) is 0 Å². The summed E-state index contributed by atoms with van der Waals surface area (Å²) in [6.07, 6.45) is 1.84. The van der Waals surface area contributed by atoms with Gasteiger partial charge in [0.1, 0.15) is 11.6 Å². The van der Waals surface area contributed by atoms with E-state index in [1.165, 1.54) is 12.1 Å². The highest BCUT2D eigenvalue weighted by atomic mass is 127. The smallest absolute Gasteiger partial charge is 0.194 e. The highest BCUT2D eigenvalue weighted by Gasteiger charge is 2.24. The number of halogens is 2. The third-order valence-electron chi connectivity index (χ3n) is 6.04. The van der Waals surface area contributed by atoms with E-state index in [4.69, 9.17) is 9.73 Å². The molecule has 0 saturated carbocycles. The van der Waals surface area contributed by atoms with Crippen molar-refractivity contribution in [2.45, 2.75) is 13.0 Å². The number of morpholine rings is 1. The summed E-state index contributed by atoms with van der Waals surface area (Å²) in [6, 6.07) is 13.0. The molecule has 33 heavy (non-hydrogen) atoms. The quantitative estimate of drug-likeness (QED) is 0.329. The first-order valence-corrected chi connectivity index (χ1v) is 11.5. The van der Waals surface area contributed by atoms with Crippen molar-refractivity contribution in [1.82, 2.24) is 20.1 Å². The molecular weight excluding hydrogens is 534 g/mol. The summed E-state index contributed by atoms with van der Waals surface area (Å²) in [5, 5.41) is 3.46. The van der Waals surface area contributed by atoms with Gasteiger partial charge in [-0.3, -0.25) is 9.89 Å². The van der Waals surface area contributed by atoms with E-state index in [1.54, 1.807) is 0 Å². The molecule has 0 bridgehead atoms. The maximum absolute atomic E-state index is 13.5. The number of hydrogen-bond donors (Lipinski definition) is 1. The van der Waals surface area contributed by atoms with E-state index in [0.717, 1.165) is 76.4 Å². The Morgan fingerprint density at radius 2 is 1.79 bits per heavy atom. The lowest BCUT2D eigenvalue weighted by atomic mass is 10.0. The minimum Gasteiger partial charge on any atom is -0.379 e. The van der Waals surface area contributed by atoms with Gasteiger partial charge in [0.15, 0.2) is 5.96 Å². The zero-order chi connectivity index (χ0) is 22.2. The van der Waals surface area contributed by atoms with Crippen molar-refractivity contribution in [3.8, 4) is 0 Å². The molecule has 1 aromatic carbocycles. The Hall–Kier alpha value is -1.98. The molecule has 1 unspecified atom stereocenters. The molecule has 3 heterocycles. The van der Waals surface area contributed by atoms with Gasteiger partial charge in [0, 0.05) is 52.0 Å². The van der Waals surface area contributed by atoms with Crippen LogP contribution in [0.15, 0.2) is 53.7 Å². The number of ether oxygens (including phenoxy) is 1. The van der Waals surface area contributed by atoms with Crippen LogP contribution in [0.25, 0.3) is 0 Å². The fraction of sp³-hybridized carbons (Fsp3) is 0.500. The number of pyridine rings is 1. The van der Waals surface area contributed by atoms with Crippen molar-refractivity contribution >= 4 is 35.8 Å². The lowest BCUT2D eigenvalue weighted by Crippen LogP contribution is -2.53. The maximum Gasteiger partial charge on any atom is 0.194 e. The molecule has 1 atom stereocenters. The van der Waals surface area contributed by atoms with E-state index in [1.807, 2.05) is 30.5 Å². The topological polar surface area (TPSA) is 56.2 Å². The van der Waals surface area contributed by atoms with Gasteiger partial charge in [0.25, 0.3) is 0 Å². The van der Waals surface area contributed by atoms with Crippen molar-refractivity contribution in [2.24, 2.45) is 4.99 Å². The first-order valence-electron chi connectivity index (χ1n) is 11.5. The lowest BCUT2D eigenvalue weighted by Gasteiger charge is -2.38. The van der Waals surface area contributed by atoms with E-state index in [-0.39, 0.29) is 35.8 Å². The molecule has 2 aliphatic heterocycles. The van der Waals surface area contributed by atoms with Crippen molar-refractivity contribution in [2.75, 3.05) is 70.5 Å². The number of aliphatic imine (C=N–C) groups is 1. The third kappa shape index (κ3) is 7.00. The molecule has 7 nitrogen and oxygen atoms in total. The molecule has 9 heteroatoms. The molecule has 2 aliphatic rings. The van der Waals surface area contributed by atoms with Gasteiger partial charge in [-0.1, -0.05) is 18.2 Å². The number of hydrogen-bond acceptors (Lipinski definition) is 5. The standard InChI is InChI=1S/C24H33FN6O.HI/c1-2-26-24(31-13-11-30(12-14-31)23-5-3-4-10-27-23)28-19-22(29-15-17-32-18-16-29)20-6-8-21(25)9-7-20;/h3-10,22H,2,11-19H2,1H3,(H,26,28);1H. The van der Waals surface area contributed by atoms with Crippen molar-refractivity contribution in [3.63, 3.8) is 0 Å². The Labute approximate surface area is 213 Å². The minimum absolute atomic E-state index is 0. The molecule has 0 radical (unpaired) electrons. The van der Waals surface area contributed by atoms with E-state index >= 15 is 0 Å². The summed E-state index contributed by atoms with van der Waals surface area (Å²) in [5.74, 6) is 1.75. The van der Waals surface area contributed by atoms with Gasteiger partial charge in [-0.25, -0.2) is 9.37 Å². The predicted octanol–water partition coefficient (Wildman–Crippen LogP) is 3.00. The fourth-order valence-electron chi connectivity index (χ4n) is 4.29. The molecule has 2 aromatic rings. The van der Waals surface area contributed by atoms with Gasteiger partial charge in [-0.2, -0.15) is 0 Å². The lowest BCUT2D eigenvalue weighted by molar-refractivity contribution is 0.0179. The Bertz CT molecular complexity index is 855. The van der Waals surface area contributed by atoms with Gasteiger partial charge in [-0.15, -0.1) is 24.0 Å². The molecule has 1 N–H and O–H groups in total. The largest absolute Gasteiger partial charge is 0.379 e. The Balaban J connectivity index is 0.00000306. The van der Waals surface area contributed by atoms with Crippen LogP contribution in [0.5, 0.6) is 0 Å². The van der Waals surface area contributed by atoms with Crippen LogP contribution in [0.1, 0.15) is 18.5 Å². The van der Waals surface area contributed by atoms with Gasteiger partial charge in [-0.05, 0) is 36.8 Å². The molecule has 0 aliphatic carbocycles. The van der Waals surface area contributed by atoms with E-state index in [0.29, 0.717) is 6.54 Å². The normalized spacial score (nSPS) is 18.5. The van der Waals surface area contributed by atoms with Crippen molar-refractivity contribution in [3.05, 3.63) is 60.0 Å². The fourth-order valence-corrected chi connectivity index (χ4v) is 4.29. The molecule has 1 aromatic heterocycles. The summed E-state index contributed by atoms with van der Waals surface area (Å²) >= 11 is 0. The van der Waals surface area contributed by atoms with Gasteiger partial charge in [0.2, 0.25) is 0 Å². The molecule has 4 rings (SSSR count). The number of guanidine groups is 1. The Morgan fingerprint density at radius 3 is 2.42 bits per heavy atom. The first kappa shape index (κ1) is 25.6. The number of aromatic nitrogens is 1. The van der Waals surface area contributed by atoms with Crippen LogP contribution in [-0.2, 0) is 4.74 Å². The zero-order valence-electron chi connectivity index (χ0n) is 19.2. The van der Waals surface area contributed by atoms with Crippen LogP contribution in [0.4, 0.5) is 10.2 Å². The second kappa shape index (κ2) is 13.0. The summed E-state index contributed by atoms with van der Waals surface area (Å²) in [7, 11) is 0. The minimum atomic E-state index is -0.211. The number of nitrogens with zero attached hydrogens (tertiary/aromatic N) is 5. The SMILES string of the molecule is CCNC(=NCC(c1ccc(F)cc1)N1CCOCC1)N1CCN(c2ccccn2)CC1.I. The first-order chi connectivity index (χ1) is 15.7. The maximum atomic E-state index is 13.5. The Morgan fingerprint density at radius 1 is 1.06 bits per heavy atom. The second-order valence-corrected chi connectivity index (χ2v) is 8.07. The van der Waals surface area contributed by atoms with Gasteiger partial charge < -0.3 is 19.9 Å². The number of anilines is 1. The number of piperazine rings is 1. The summed E-state index contributed by atoms with van der Waals surface area (Å²) in [4.78, 5) is 16.5. The highest BCUT2D eigenvalue weighted by molar-refractivity contribution is 14.0. The van der Waals surface area contributed by atoms with Crippen molar-refractivity contribution < 1.29 is 9.13 Å². The van der Waals surface area contributed by atoms with E-state index in [2.05, 4.69) is 38.0 Å². The molecule has 0 amide bonds. The van der Waals surface area contributed by atoms with Crippen LogP contribution in [0.2, 0.25) is 0 Å². The molecular formula is C24H34FIN6O. The summed E-state index contributed by atoms with van der Waals surface area (Å²) in [6.45, 7) is 10.3. The molecule has 0 spiro atoms. The van der Waals surface area contributed by atoms with E-state index < -0.39 is 0 Å². The van der Waals surface area contributed by atoms with E-state index in [9.17, 15) is 4.39 Å². The highest BCUT2D eigenvalue weighted by Crippen LogP contribution is 2.23. The van der Waals surface area contributed by atoms with Crippen LogP contribution in [0, 0.1) is 5.82 Å². The molecule has 2 saturated heterocycles. The average molecular weight is 568 g/mol. The molecule has 2 fully saturated rings. The average Bonchev–Trinajstić information content (AvgIpc) is 2.86. The van der Waals surface area contributed by atoms with Crippen LogP contribution >= 0.6 is 24.0 Å². The zero-order valence-corrected chi connectivity index (χ0v) is 21.5. The monoisotopic (exact) mass is 568 g/mol. The number of nitrogens with one attached hydrogen (secondary N) is 1. The Kier molecular flexibility index (Phi) is 10.1. The van der Waals surface area contributed by atoms with Gasteiger partial charge in [0.05, 0.1) is 25.8 Å². The predicted molar refractivity (Wildman–Crippen MR) is 141 cm³/mol. The number of benzene rings is 1.